The second-order valence-electron chi connectivity index (χ2n) is 5.94. The average molecular weight is 321 g/mol. The second kappa shape index (κ2) is 6.64. The molecular weight excluding hydrogens is 302 g/mol. The molecule has 0 heterocycles. The second-order valence-corrected chi connectivity index (χ2v) is 5.94. The standard InChI is InChI=1S/C15H19N3O5/c1-8(2)13(15(20)21)17-14(19)9-3-6-11(16-10-4-5-10)12(7-9)18(22)23/h3,6-8,10,13,16H,4-5H2,1-2H3,(H,17,19)(H,20,21). The molecule has 3 N–H and O–H groups in total. The lowest BCUT2D eigenvalue weighted by Crippen LogP contribution is -2.44. The van der Waals surface area contributed by atoms with Gasteiger partial charge in [0.2, 0.25) is 0 Å². The van der Waals surface area contributed by atoms with Crippen LogP contribution in [-0.4, -0.2) is 34.0 Å². The first-order valence-corrected chi connectivity index (χ1v) is 7.38. The highest BCUT2D eigenvalue weighted by Gasteiger charge is 2.27. The quantitative estimate of drug-likeness (QED) is 0.521. The summed E-state index contributed by atoms with van der Waals surface area (Å²) in [5.74, 6) is -2.09. The van der Waals surface area contributed by atoms with Gasteiger partial charge < -0.3 is 15.7 Å². The van der Waals surface area contributed by atoms with E-state index in [1.165, 1.54) is 18.2 Å². The summed E-state index contributed by atoms with van der Waals surface area (Å²) in [7, 11) is 0. The summed E-state index contributed by atoms with van der Waals surface area (Å²) in [5.41, 5.74) is 0.235. The van der Waals surface area contributed by atoms with Crippen molar-refractivity contribution in [3.8, 4) is 0 Å². The molecule has 0 bridgehead atoms. The van der Waals surface area contributed by atoms with Crippen molar-refractivity contribution < 1.29 is 19.6 Å². The van der Waals surface area contributed by atoms with E-state index in [1.807, 2.05) is 0 Å². The van der Waals surface area contributed by atoms with Gasteiger partial charge in [0.1, 0.15) is 11.7 Å². The number of hydrogen-bond donors (Lipinski definition) is 3. The number of hydrogen-bond acceptors (Lipinski definition) is 5. The van der Waals surface area contributed by atoms with Crippen LogP contribution in [0.25, 0.3) is 0 Å². The van der Waals surface area contributed by atoms with E-state index in [2.05, 4.69) is 10.6 Å². The Morgan fingerprint density at radius 2 is 2.00 bits per heavy atom. The topological polar surface area (TPSA) is 122 Å². The van der Waals surface area contributed by atoms with Crippen LogP contribution in [0.4, 0.5) is 11.4 Å². The Morgan fingerprint density at radius 1 is 1.35 bits per heavy atom. The molecule has 124 valence electrons. The van der Waals surface area contributed by atoms with E-state index in [0.717, 1.165) is 12.8 Å². The number of carboxylic acid groups (broad SMARTS) is 1. The number of nitrogens with one attached hydrogen (secondary N) is 2. The van der Waals surface area contributed by atoms with Crippen molar-refractivity contribution in [1.29, 1.82) is 0 Å². The molecule has 23 heavy (non-hydrogen) atoms. The summed E-state index contributed by atoms with van der Waals surface area (Å²) >= 11 is 0. The van der Waals surface area contributed by atoms with Gasteiger partial charge in [-0.3, -0.25) is 14.9 Å². The van der Waals surface area contributed by atoms with Gasteiger partial charge in [-0.15, -0.1) is 0 Å². The number of aliphatic carboxylic acids is 1. The summed E-state index contributed by atoms with van der Waals surface area (Å²) in [6, 6.07) is 3.29. The fourth-order valence-corrected chi connectivity index (χ4v) is 2.13. The lowest BCUT2D eigenvalue weighted by molar-refractivity contribution is -0.384. The van der Waals surface area contributed by atoms with E-state index in [9.17, 15) is 19.7 Å². The number of nitro benzene ring substituents is 1. The highest BCUT2D eigenvalue weighted by atomic mass is 16.6. The Morgan fingerprint density at radius 3 is 2.48 bits per heavy atom. The predicted octanol–water partition coefficient (Wildman–Crippen LogP) is 2.01. The minimum atomic E-state index is -1.14. The molecule has 1 atom stereocenters. The fourth-order valence-electron chi connectivity index (χ4n) is 2.13. The number of carbonyl (C=O) groups is 2. The maximum Gasteiger partial charge on any atom is 0.326 e. The van der Waals surface area contributed by atoms with Crippen molar-refractivity contribution in [3.63, 3.8) is 0 Å². The molecule has 1 aliphatic rings. The van der Waals surface area contributed by atoms with Crippen LogP contribution in [0.5, 0.6) is 0 Å². The van der Waals surface area contributed by atoms with Gasteiger partial charge in [-0.2, -0.15) is 0 Å². The first-order chi connectivity index (χ1) is 10.8. The molecule has 1 unspecified atom stereocenters. The van der Waals surface area contributed by atoms with Crippen LogP contribution in [0, 0.1) is 16.0 Å². The zero-order valence-electron chi connectivity index (χ0n) is 12.9. The molecular formula is C15H19N3O5. The number of amides is 1. The van der Waals surface area contributed by atoms with Crippen molar-refractivity contribution in [2.24, 2.45) is 5.92 Å². The van der Waals surface area contributed by atoms with Crippen LogP contribution >= 0.6 is 0 Å². The number of rotatable bonds is 7. The summed E-state index contributed by atoms with van der Waals surface area (Å²) in [4.78, 5) is 33.9. The lowest BCUT2D eigenvalue weighted by Gasteiger charge is -2.18. The van der Waals surface area contributed by atoms with Crippen LogP contribution in [0.2, 0.25) is 0 Å². The number of benzene rings is 1. The van der Waals surface area contributed by atoms with Crippen LogP contribution in [-0.2, 0) is 4.79 Å². The molecule has 8 heteroatoms. The summed E-state index contributed by atoms with van der Waals surface area (Å²) in [5, 5.41) is 25.7. The van der Waals surface area contributed by atoms with E-state index in [0.29, 0.717) is 5.69 Å². The molecule has 0 aromatic heterocycles. The summed E-state index contributed by atoms with van der Waals surface area (Å²) in [6.45, 7) is 3.34. The molecule has 1 aromatic rings. The summed E-state index contributed by atoms with van der Waals surface area (Å²) < 4.78 is 0. The summed E-state index contributed by atoms with van der Waals surface area (Å²) in [6.07, 6.45) is 1.93. The maximum absolute atomic E-state index is 12.2. The number of carboxylic acids is 1. The molecule has 1 amide bonds. The number of carbonyl (C=O) groups excluding carboxylic acids is 1. The SMILES string of the molecule is CC(C)C(NC(=O)c1ccc(NC2CC2)c([N+](=O)[O-])c1)C(=O)O. The Labute approximate surface area is 133 Å². The first-order valence-electron chi connectivity index (χ1n) is 7.38. The van der Waals surface area contributed by atoms with E-state index in [1.54, 1.807) is 13.8 Å². The largest absolute Gasteiger partial charge is 0.480 e. The van der Waals surface area contributed by atoms with Crippen molar-refractivity contribution in [2.75, 3.05) is 5.32 Å². The van der Waals surface area contributed by atoms with Crippen LogP contribution in [0.3, 0.4) is 0 Å². The number of nitrogens with zero attached hydrogens (tertiary/aromatic N) is 1. The van der Waals surface area contributed by atoms with Crippen LogP contribution in [0.15, 0.2) is 18.2 Å². The van der Waals surface area contributed by atoms with Gasteiger partial charge in [0.05, 0.1) is 4.92 Å². The molecule has 2 rings (SSSR count). The van der Waals surface area contributed by atoms with Crippen LogP contribution < -0.4 is 10.6 Å². The Kier molecular flexibility index (Phi) is 4.83. The van der Waals surface area contributed by atoms with Crippen LogP contribution in [0.1, 0.15) is 37.0 Å². The third-order valence-electron chi connectivity index (χ3n) is 3.61. The first kappa shape index (κ1) is 16.7. The Balaban J connectivity index is 2.21. The van der Waals surface area contributed by atoms with Gasteiger partial charge in [0.25, 0.3) is 11.6 Å². The molecule has 1 fully saturated rings. The zero-order chi connectivity index (χ0) is 17.1. The van der Waals surface area contributed by atoms with Gasteiger partial charge >= 0.3 is 5.97 Å². The molecule has 1 aliphatic carbocycles. The average Bonchev–Trinajstić information content (AvgIpc) is 3.27. The number of anilines is 1. The molecule has 0 radical (unpaired) electrons. The van der Waals surface area contributed by atoms with Gasteiger partial charge in [-0.25, -0.2) is 4.79 Å². The third kappa shape index (κ3) is 4.18. The smallest absolute Gasteiger partial charge is 0.326 e. The molecule has 0 saturated heterocycles. The van der Waals surface area contributed by atoms with Crippen molar-refractivity contribution in [2.45, 2.75) is 38.8 Å². The van der Waals surface area contributed by atoms with Crippen molar-refractivity contribution in [3.05, 3.63) is 33.9 Å². The highest BCUT2D eigenvalue weighted by Crippen LogP contribution is 2.31. The van der Waals surface area contributed by atoms with E-state index < -0.39 is 22.8 Å². The minimum absolute atomic E-state index is 0.0601. The molecule has 0 aliphatic heterocycles. The maximum atomic E-state index is 12.2. The van der Waals surface area contributed by atoms with Gasteiger partial charge in [0, 0.05) is 17.7 Å². The predicted molar refractivity (Wildman–Crippen MR) is 83.5 cm³/mol. The van der Waals surface area contributed by atoms with Gasteiger partial charge in [-0.05, 0) is 30.9 Å². The van der Waals surface area contributed by atoms with Crippen molar-refractivity contribution in [1.82, 2.24) is 5.32 Å². The lowest BCUT2D eigenvalue weighted by atomic mass is 10.0. The normalized spacial score (nSPS) is 15.1. The van der Waals surface area contributed by atoms with E-state index >= 15 is 0 Å². The zero-order valence-corrected chi connectivity index (χ0v) is 12.9. The van der Waals surface area contributed by atoms with Gasteiger partial charge in [0.15, 0.2) is 0 Å². The molecule has 1 aromatic carbocycles. The monoisotopic (exact) mass is 321 g/mol. The fraction of sp³-hybridized carbons (Fsp3) is 0.467. The molecule has 1 saturated carbocycles. The van der Waals surface area contributed by atoms with Gasteiger partial charge in [-0.1, -0.05) is 13.8 Å². The third-order valence-corrected chi connectivity index (χ3v) is 3.61. The molecule has 8 nitrogen and oxygen atoms in total. The Bertz CT molecular complexity index is 640. The number of nitro groups is 1. The van der Waals surface area contributed by atoms with Crippen molar-refractivity contribution >= 4 is 23.3 Å². The molecule has 0 spiro atoms. The minimum Gasteiger partial charge on any atom is -0.480 e. The van der Waals surface area contributed by atoms with E-state index in [-0.39, 0.29) is 23.2 Å². The Hall–Kier alpha value is -2.64. The van der Waals surface area contributed by atoms with E-state index in [4.69, 9.17) is 5.11 Å². The highest BCUT2D eigenvalue weighted by molar-refractivity contribution is 5.97.